The number of carbonyl (C=O) groups is 3. The van der Waals surface area contributed by atoms with Crippen LogP contribution in [0.3, 0.4) is 0 Å². The largest absolute Gasteiger partial charge is 0.481 e. The van der Waals surface area contributed by atoms with Crippen LogP contribution in [0.5, 0.6) is 0 Å². The summed E-state index contributed by atoms with van der Waals surface area (Å²) in [5, 5.41) is 28.2. The van der Waals surface area contributed by atoms with E-state index >= 15 is 0 Å². The number of aromatic nitrogens is 3. The van der Waals surface area contributed by atoms with Gasteiger partial charge in [-0.05, 0) is 0 Å². The number of nitriles is 1. The molecule has 2 N–H and O–H groups in total. The average molecular weight is 380 g/mol. The van der Waals surface area contributed by atoms with E-state index < -0.39 is 46.8 Å². The lowest BCUT2D eigenvalue weighted by atomic mass is 10.1. The minimum absolute atomic E-state index is 0.0353. The molecule has 0 amide bonds. The van der Waals surface area contributed by atoms with Crippen LogP contribution in [0.1, 0.15) is 33.5 Å². The van der Waals surface area contributed by atoms with Crippen LogP contribution in [0.4, 0.5) is 0 Å². The van der Waals surface area contributed by atoms with Gasteiger partial charge in [0.05, 0.1) is 17.8 Å². The zero-order valence-corrected chi connectivity index (χ0v) is 14.4. The molecule has 10 nitrogen and oxygen atoms in total. The molecule has 0 fully saturated rings. The van der Waals surface area contributed by atoms with Gasteiger partial charge < -0.3 is 10.2 Å². The molecule has 0 aliphatic carbocycles. The number of carboxylic acids is 2. The summed E-state index contributed by atoms with van der Waals surface area (Å²) in [5.74, 6) is -4.16. The first-order valence-corrected chi connectivity index (χ1v) is 7.89. The Kier molecular flexibility index (Phi) is 4.50. The van der Waals surface area contributed by atoms with Crippen molar-refractivity contribution in [3.8, 4) is 17.3 Å². The summed E-state index contributed by atoms with van der Waals surface area (Å²) in [6, 6.07) is 9.95. The third-order valence-corrected chi connectivity index (χ3v) is 4.03. The quantitative estimate of drug-likeness (QED) is 0.680. The molecule has 0 saturated heterocycles. The van der Waals surface area contributed by atoms with Gasteiger partial charge in [-0.15, -0.1) is 0 Å². The highest BCUT2D eigenvalue weighted by Crippen LogP contribution is 2.23. The van der Waals surface area contributed by atoms with Crippen molar-refractivity contribution in [3.63, 3.8) is 0 Å². The van der Waals surface area contributed by atoms with Gasteiger partial charge >= 0.3 is 11.9 Å². The summed E-state index contributed by atoms with van der Waals surface area (Å²) in [7, 11) is 0. The van der Waals surface area contributed by atoms with Gasteiger partial charge in [-0.1, -0.05) is 30.3 Å². The van der Waals surface area contributed by atoms with Crippen molar-refractivity contribution < 1.29 is 24.6 Å². The van der Waals surface area contributed by atoms with Gasteiger partial charge in [0.25, 0.3) is 5.56 Å². The van der Waals surface area contributed by atoms with Crippen LogP contribution in [-0.2, 0) is 11.2 Å². The summed E-state index contributed by atoms with van der Waals surface area (Å²) in [6.45, 7) is 1.06. The Bertz CT molecular complexity index is 1250. The van der Waals surface area contributed by atoms with Gasteiger partial charge in [-0.2, -0.15) is 5.26 Å². The van der Waals surface area contributed by atoms with E-state index in [0.717, 1.165) is 6.92 Å². The van der Waals surface area contributed by atoms with Crippen LogP contribution >= 0.6 is 0 Å². The van der Waals surface area contributed by atoms with E-state index in [0.29, 0.717) is 14.5 Å². The maximum atomic E-state index is 13.0. The molecule has 0 aliphatic rings. The zero-order valence-electron chi connectivity index (χ0n) is 14.4. The number of rotatable bonds is 4. The smallest absolute Gasteiger partial charge is 0.354 e. The van der Waals surface area contributed by atoms with Crippen molar-refractivity contribution in [3.05, 3.63) is 57.6 Å². The Balaban J connectivity index is 2.59. The maximum Gasteiger partial charge on any atom is 0.354 e. The molecule has 140 valence electrons. The zero-order chi connectivity index (χ0) is 20.6. The molecule has 0 aliphatic heterocycles. The van der Waals surface area contributed by atoms with E-state index in [4.69, 9.17) is 5.11 Å². The number of hydrogen-bond donors (Lipinski definition) is 2. The lowest BCUT2D eigenvalue weighted by Crippen LogP contribution is -2.22. The second kappa shape index (κ2) is 6.81. The highest BCUT2D eigenvalue weighted by molar-refractivity contribution is 5.96. The fourth-order valence-corrected chi connectivity index (χ4v) is 2.97. The normalized spacial score (nSPS) is 10.6. The summed E-state index contributed by atoms with van der Waals surface area (Å²) in [4.78, 5) is 52.3. The number of fused-ring (bicyclic) bond motifs is 1. The number of hydrogen-bond acceptors (Lipinski definition) is 6. The number of carboxylic acid groups (broad SMARTS) is 2. The summed E-state index contributed by atoms with van der Waals surface area (Å²) in [6.07, 6.45) is -0.852. The van der Waals surface area contributed by atoms with Crippen LogP contribution in [0.25, 0.3) is 17.0 Å². The monoisotopic (exact) mass is 380 g/mol. The molecule has 28 heavy (non-hydrogen) atoms. The molecule has 2 aromatic heterocycles. The average Bonchev–Trinajstić information content (AvgIpc) is 2.96. The van der Waals surface area contributed by atoms with Gasteiger partial charge in [0.1, 0.15) is 11.6 Å². The first-order chi connectivity index (χ1) is 13.3. The number of imidazole rings is 1. The van der Waals surface area contributed by atoms with Gasteiger partial charge in [0.15, 0.2) is 5.69 Å². The SMILES string of the molecule is CC(=O)n1c(C(=O)O)c(CC(=O)O)n2c(=O)c(C#N)c(-c3ccccc3)nc12. The van der Waals surface area contributed by atoms with Crippen LogP contribution in [0, 0.1) is 11.3 Å². The lowest BCUT2D eigenvalue weighted by Gasteiger charge is -2.06. The highest BCUT2D eigenvalue weighted by Gasteiger charge is 2.30. The van der Waals surface area contributed by atoms with E-state index in [1.54, 1.807) is 36.4 Å². The molecule has 2 heterocycles. The molecule has 1 aromatic carbocycles. The molecule has 0 unspecified atom stereocenters. The summed E-state index contributed by atoms with van der Waals surface area (Å²) in [5.41, 5.74) is -2.11. The van der Waals surface area contributed by atoms with Crippen LogP contribution in [0.15, 0.2) is 35.1 Å². The van der Waals surface area contributed by atoms with Gasteiger partial charge in [0, 0.05) is 12.5 Å². The minimum Gasteiger partial charge on any atom is -0.481 e. The van der Waals surface area contributed by atoms with Crippen LogP contribution in [-0.4, -0.2) is 42.0 Å². The van der Waals surface area contributed by atoms with Crippen LogP contribution in [0.2, 0.25) is 0 Å². The number of aliphatic carboxylic acids is 1. The lowest BCUT2D eigenvalue weighted by molar-refractivity contribution is -0.136. The minimum atomic E-state index is -1.60. The van der Waals surface area contributed by atoms with Crippen molar-refractivity contribution in [2.24, 2.45) is 0 Å². The third-order valence-electron chi connectivity index (χ3n) is 4.03. The van der Waals surface area contributed by atoms with Crippen LogP contribution < -0.4 is 5.56 Å². The second-order valence-corrected chi connectivity index (χ2v) is 5.78. The predicted molar refractivity (Wildman–Crippen MR) is 94.2 cm³/mol. The molecule has 0 radical (unpaired) electrons. The molecule has 0 bridgehead atoms. The summed E-state index contributed by atoms with van der Waals surface area (Å²) >= 11 is 0. The molecule has 0 saturated carbocycles. The first kappa shape index (κ1) is 18.5. The second-order valence-electron chi connectivity index (χ2n) is 5.78. The van der Waals surface area contributed by atoms with E-state index in [1.807, 2.05) is 0 Å². The Morgan fingerprint density at radius 1 is 1.18 bits per heavy atom. The van der Waals surface area contributed by atoms with Crippen molar-refractivity contribution in [2.75, 3.05) is 0 Å². The predicted octanol–water partition coefficient (Wildman–Crippen LogP) is 1.02. The Morgan fingerprint density at radius 2 is 1.82 bits per heavy atom. The molecule has 3 rings (SSSR count). The number of aromatic carboxylic acids is 1. The van der Waals surface area contributed by atoms with Crippen molar-refractivity contribution >= 4 is 23.6 Å². The van der Waals surface area contributed by atoms with Crippen molar-refractivity contribution in [1.29, 1.82) is 5.26 Å². The molecular weight excluding hydrogens is 368 g/mol. The van der Waals surface area contributed by atoms with E-state index in [9.17, 15) is 29.5 Å². The fraction of sp³-hybridized carbons (Fsp3) is 0.111. The van der Waals surface area contributed by atoms with Gasteiger partial charge in [-0.3, -0.25) is 14.4 Å². The maximum absolute atomic E-state index is 13.0. The van der Waals surface area contributed by atoms with Gasteiger partial charge in [0.2, 0.25) is 11.7 Å². The molecule has 3 aromatic rings. The van der Waals surface area contributed by atoms with E-state index in [-0.39, 0.29) is 11.5 Å². The fourth-order valence-electron chi connectivity index (χ4n) is 2.97. The van der Waals surface area contributed by atoms with Gasteiger partial charge in [-0.25, -0.2) is 18.7 Å². The van der Waals surface area contributed by atoms with E-state index in [2.05, 4.69) is 4.98 Å². The topological polar surface area (TPSA) is 155 Å². The molecular formula is C18H12N4O6. The first-order valence-electron chi connectivity index (χ1n) is 7.89. The molecule has 0 spiro atoms. The Morgan fingerprint density at radius 3 is 2.32 bits per heavy atom. The van der Waals surface area contributed by atoms with E-state index in [1.165, 1.54) is 0 Å². The summed E-state index contributed by atoms with van der Waals surface area (Å²) < 4.78 is 1.36. The standard InChI is InChI=1S/C18H12N4O6/c1-9(23)21-15(17(27)28)12(7-13(24)25)22-16(26)11(8-19)14(20-18(21)22)10-5-3-2-4-6-10/h2-6H,7H2,1H3,(H,24,25)(H,27,28). The Labute approximate surface area is 156 Å². The van der Waals surface area contributed by atoms with Crippen molar-refractivity contribution in [2.45, 2.75) is 13.3 Å². The van der Waals surface area contributed by atoms with Crippen molar-refractivity contribution in [1.82, 2.24) is 14.0 Å². The molecule has 10 heteroatoms. The highest BCUT2D eigenvalue weighted by atomic mass is 16.4. The number of nitrogens with zero attached hydrogens (tertiary/aromatic N) is 4. The number of benzene rings is 1. The third kappa shape index (κ3) is 2.80. The number of carbonyl (C=O) groups excluding carboxylic acids is 1. The Hall–Kier alpha value is -4.26. The molecule has 0 atom stereocenters.